The molecule has 0 aromatic heterocycles. The molecule has 0 saturated carbocycles. The van der Waals surface area contributed by atoms with Crippen molar-refractivity contribution < 1.29 is 9.53 Å². The van der Waals surface area contributed by atoms with Gasteiger partial charge in [-0.05, 0) is 42.2 Å². The maximum atomic E-state index is 11.4. The summed E-state index contributed by atoms with van der Waals surface area (Å²) in [7, 11) is 0. The van der Waals surface area contributed by atoms with Crippen molar-refractivity contribution in [3.05, 3.63) is 59.2 Å². The molecule has 4 heteroatoms. The van der Waals surface area contributed by atoms with Crippen LogP contribution < -0.4 is 15.8 Å². The van der Waals surface area contributed by atoms with Crippen molar-refractivity contribution in [2.24, 2.45) is 5.73 Å². The lowest BCUT2D eigenvalue weighted by Gasteiger charge is -2.20. The summed E-state index contributed by atoms with van der Waals surface area (Å²) in [6, 6.07) is 13.8. The lowest BCUT2D eigenvalue weighted by Crippen LogP contribution is -2.25. The van der Waals surface area contributed by atoms with Crippen molar-refractivity contribution in [1.82, 2.24) is 0 Å². The Morgan fingerprint density at radius 1 is 1.29 bits per heavy atom. The molecule has 1 amide bonds. The zero-order chi connectivity index (χ0) is 14.8. The summed E-state index contributed by atoms with van der Waals surface area (Å²) < 4.78 is 5.35. The Hall–Kier alpha value is -2.33. The molecule has 0 aliphatic carbocycles. The number of amides is 1. The largest absolute Gasteiger partial charge is 0.482 e. The van der Waals surface area contributed by atoms with Gasteiger partial charge in [0, 0.05) is 6.04 Å². The highest BCUT2D eigenvalue weighted by molar-refractivity contribution is 5.95. The van der Waals surface area contributed by atoms with Crippen molar-refractivity contribution in [3.63, 3.8) is 0 Å². The average Bonchev–Trinajstić information content (AvgIpc) is 2.48. The zero-order valence-corrected chi connectivity index (χ0v) is 11.9. The number of hydrogen-bond acceptors (Lipinski definition) is 3. The minimum atomic E-state index is -0.132. The Morgan fingerprint density at radius 2 is 2.10 bits per heavy atom. The third-order valence-corrected chi connectivity index (χ3v) is 3.77. The summed E-state index contributed by atoms with van der Waals surface area (Å²) in [6.45, 7) is 2.16. The number of fused-ring (bicyclic) bond motifs is 1. The van der Waals surface area contributed by atoms with Gasteiger partial charge < -0.3 is 15.8 Å². The van der Waals surface area contributed by atoms with Crippen LogP contribution in [-0.4, -0.2) is 12.5 Å². The molecule has 21 heavy (non-hydrogen) atoms. The molecule has 108 valence electrons. The Kier molecular flexibility index (Phi) is 3.62. The molecule has 0 radical (unpaired) electrons. The first-order chi connectivity index (χ1) is 10.1. The third-order valence-electron chi connectivity index (χ3n) is 3.77. The van der Waals surface area contributed by atoms with E-state index in [0.717, 1.165) is 12.0 Å². The number of nitrogens with two attached hydrogens (primary N) is 1. The fourth-order valence-electron chi connectivity index (χ4n) is 2.53. The van der Waals surface area contributed by atoms with Crippen LogP contribution in [0.2, 0.25) is 0 Å². The van der Waals surface area contributed by atoms with Gasteiger partial charge in [-0.3, -0.25) is 4.79 Å². The summed E-state index contributed by atoms with van der Waals surface area (Å²) in [5, 5.41) is 2.81. The number of ether oxygens (including phenoxy) is 1. The van der Waals surface area contributed by atoms with Crippen LogP contribution in [0.4, 0.5) is 5.69 Å². The van der Waals surface area contributed by atoms with Crippen molar-refractivity contribution in [2.45, 2.75) is 19.4 Å². The van der Waals surface area contributed by atoms with Crippen LogP contribution in [0, 0.1) is 6.92 Å². The van der Waals surface area contributed by atoms with E-state index in [1.165, 1.54) is 11.1 Å². The maximum Gasteiger partial charge on any atom is 0.262 e. The standard InChI is InChI=1S/C17H18N2O2/c1-11-4-2-3-5-12(11)8-14(18)13-6-7-16-15(9-13)19-17(20)10-21-16/h2-7,9,14H,8,10,18H2,1H3,(H,19,20). The predicted octanol–water partition coefficient (Wildman–Crippen LogP) is 2.57. The number of benzene rings is 2. The van der Waals surface area contributed by atoms with Crippen LogP contribution in [0.25, 0.3) is 0 Å². The van der Waals surface area contributed by atoms with E-state index in [0.29, 0.717) is 11.4 Å². The van der Waals surface area contributed by atoms with Crippen LogP contribution in [0.15, 0.2) is 42.5 Å². The quantitative estimate of drug-likeness (QED) is 0.909. The van der Waals surface area contributed by atoms with Gasteiger partial charge in [-0.2, -0.15) is 0 Å². The molecule has 1 heterocycles. The summed E-state index contributed by atoms with van der Waals surface area (Å²) in [5.41, 5.74) is 10.5. The Morgan fingerprint density at radius 3 is 2.90 bits per heavy atom. The highest BCUT2D eigenvalue weighted by Gasteiger charge is 2.18. The molecule has 2 aromatic carbocycles. The van der Waals surface area contributed by atoms with Gasteiger partial charge in [0.25, 0.3) is 5.91 Å². The van der Waals surface area contributed by atoms with Crippen molar-refractivity contribution in [1.29, 1.82) is 0 Å². The second kappa shape index (κ2) is 5.58. The van der Waals surface area contributed by atoms with Gasteiger partial charge in [0.05, 0.1) is 5.69 Å². The highest BCUT2D eigenvalue weighted by Crippen LogP contribution is 2.31. The van der Waals surface area contributed by atoms with E-state index < -0.39 is 0 Å². The summed E-state index contributed by atoms with van der Waals surface area (Å²) in [5.74, 6) is 0.563. The van der Waals surface area contributed by atoms with Gasteiger partial charge >= 0.3 is 0 Å². The minimum absolute atomic E-state index is 0.0710. The van der Waals surface area contributed by atoms with E-state index in [9.17, 15) is 4.79 Å². The van der Waals surface area contributed by atoms with Gasteiger partial charge in [0.1, 0.15) is 5.75 Å². The molecule has 1 aliphatic heterocycles. The first-order valence-corrected chi connectivity index (χ1v) is 7.00. The zero-order valence-electron chi connectivity index (χ0n) is 11.9. The second-order valence-corrected chi connectivity index (χ2v) is 5.33. The normalized spacial score (nSPS) is 14.9. The van der Waals surface area contributed by atoms with E-state index in [1.807, 2.05) is 30.3 Å². The molecule has 1 atom stereocenters. The van der Waals surface area contributed by atoms with E-state index >= 15 is 0 Å². The van der Waals surface area contributed by atoms with Gasteiger partial charge in [0.15, 0.2) is 6.61 Å². The van der Waals surface area contributed by atoms with Crippen LogP contribution in [-0.2, 0) is 11.2 Å². The smallest absolute Gasteiger partial charge is 0.262 e. The van der Waals surface area contributed by atoms with E-state index in [1.54, 1.807) is 0 Å². The molecule has 1 aliphatic rings. The topological polar surface area (TPSA) is 64.3 Å². The molecular formula is C17H18N2O2. The van der Waals surface area contributed by atoms with Gasteiger partial charge in [-0.1, -0.05) is 30.3 Å². The number of hydrogen-bond donors (Lipinski definition) is 2. The Labute approximate surface area is 123 Å². The molecular weight excluding hydrogens is 264 g/mol. The number of anilines is 1. The van der Waals surface area contributed by atoms with Crippen LogP contribution in [0.1, 0.15) is 22.7 Å². The third kappa shape index (κ3) is 2.90. The monoisotopic (exact) mass is 282 g/mol. The van der Waals surface area contributed by atoms with Crippen LogP contribution in [0.3, 0.4) is 0 Å². The predicted molar refractivity (Wildman–Crippen MR) is 82.4 cm³/mol. The first kappa shape index (κ1) is 13.6. The number of carbonyl (C=O) groups is 1. The van der Waals surface area contributed by atoms with Crippen LogP contribution in [0.5, 0.6) is 5.75 Å². The number of rotatable bonds is 3. The van der Waals surface area contributed by atoms with Crippen molar-refractivity contribution >= 4 is 11.6 Å². The number of nitrogens with one attached hydrogen (secondary N) is 1. The lowest BCUT2D eigenvalue weighted by atomic mass is 9.96. The summed E-state index contributed by atoms with van der Waals surface area (Å²) in [6.07, 6.45) is 0.764. The molecule has 3 rings (SSSR count). The maximum absolute atomic E-state index is 11.4. The van der Waals surface area contributed by atoms with Crippen LogP contribution >= 0.6 is 0 Å². The number of carbonyl (C=O) groups excluding carboxylic acids is 1. The van der Waals surface area contributed by atoms with Gasteiger partial charge in [-0.15, -0.1) is 0 Å². The fraction of sp³-hybridized carbons (Fsp3) is 0.235. The molecule has 3 N–H and O–H groups in total. The highest BCUT2D eigenvalue weighted by atomic mass is 16.5. The lowest BCUT2D eigenvalue weighted by molar-refractivity contribution is -0.118. The molecule has 0 fully saturated rings. The average molecular weight is 282 g/mol. The molecule has 2 aromatic rings. The second-order valence-electron chi connectivity index (χ2n) is 5.33. The molecule has 1 unspecified atom stereocenters. The van der Waals surface area contributed by atoms with E-state index in [4.69, 9.17) is 10.5 Å². The Bertz CT molecular complexity index is 682. The number of aryl methyl sites for hydroxylation is 1. The van der Waals surface area contributed by atoms with Gasteiger partial charge in [0.2, 0.25) is 0 Å². The SMILES string of the molecule is Cc1ccccc1CC(N)c1ccc2c(c1)NC(=O)CO2. The van der Waals surface area contributed by atoms with Crippen molar-refractivity contribution in [3.8, 4) is 5.75 Å². The van der Waals surface area contributed by atoms with E-state index in [-0.39, 0.29) is 18.6 Å². The molecule has 0 spiro atoms. The molecule has 4 nitrogen and oxygen atoms in total. The Balaban J connectivity index is 1.82. The fourth-order valence-corrected chi connectivity index (χ4v) is 2.53. The minimum Gasteiger partial charge on any atom is -0.482 e. The molecule has 0 saturated heterocycles. The van der Waals surface area contributed by atoms with E-state index in [2.05, 4.69) is 24.4 Å². The summed E-state index contributed by atoms with van der Waals surface area (Å²) in [4.78, 5) is 11.4. The molecule has 0 bridgehead atoms. The van der Waals surface area contributed by atoms with Gasteiger partial charge in [-0.25, -0.2) is 0 Å². The first-order valence-electron chi connectivity index (χ1n) is 7.00. The summed E-state index contributed by atoms with van der Waals surface area (Å²) >= 11 is 0. The van der Waals surface area contributed by atoms with Crippen molar-refractivity contribution in [2.75, 3.05) is 11.9 Å².